The smallest absolute Gasteiger partial charge is 0.168 e. The molecule has 2 rings (SSSR count). The van der Waals surface area contributed by atoms with Crippen molar-refractivity contribution in [3.8, 4) is 5.75 Å². The molecular weight excluding hydrogens is 372 g/mol. The zero-order chi connectivity index (χ0) is 13.8. The van der Waals surface area contributed by atoms with Crippen LogP contribution in [0, 0.1) is 0 Å². The molecule has 0 saturated heterocycles. The van der Waals surface area contributed by atoms with E-state index in [2.05, 4.69) is 31.9 Å². The summed E-state index contributed by atoms with van der Waals surface area (Å²) in [4.78, 5) is 12.3. The maximum Gasteiger partial charge on any atom is 0.168 e. The molecule has 0 radical (unpaired) electrons. The average Bonchev–Trinajstić information content (AvgIpc) is 2.38. The largest absolute Gasteiger partial charge is 0.497 e. The molecule has 0 aromatic heterocycles. The molecule has 4 heteroatoms. The fourth-order valence-electron chi connectivity index (χ4n) is 1.78. The first-order valence-electron chi connectivity index (χ1n) is 5.71. The number of hydrogen-bond donors (Lipinski definition) is 0. The number of ether oxygens (including phenoxy) is 1. The summed E-state index contributed by atoms with van der Waals surface area (Å²) in [5, 5.41) is 0. The molecule has 0 atom stereocenters. The van der Waals surface area contributed by atoms with Crippen LogP contribution in [0.5, 0.6) is 5.75 Å². The minimum absolute atomic E-state index is 0.0765. The van der Waals surface area contributed by atoms with Crippen LogP contribution in [0.15, 0.2) is 51.4 Å². The highest BCUT2D eigenvalue weighted by Crippen LogP contribution is 2.24. The number of ketones is 1. The summed E-state index contributed by atoms with van der Waals surface area (Å²) >= 11 is 6.81. The zero-order valence-corrected chi connectivity index (χ0v) is 13.5. The lowest BCUT2D eigenvalue weighted by atomic mass is 10.0. The maximum absolute atomic E-state index is 12.3. The van der Waals surface area contributed by atoms with Crippen LogP contribution in [0.2, 0.25) is 0 Å². The van der Waals surface area contributed by atoms with Gasteiger partial charge in [0.15, 0.2) is 5.78 Å². The third-order valence-electron chi connectivity index (χ3n) is 2.73. The molecule has 0 amide bonds. The van der Waals surface area contributed by atoms with E-state index in [1.165, 1.54) is 0 Å². The number of methoxy groups -OCH3 is 1. The summed E-state index contributed by atoms with van der Waals surface area (Å²) < 4.78 is 6.85. The van der Waals surface area contributed by atoms with E-state index in [0.717, 1.165) is 20.3 Å². The van der Waals surface area contributed by atoms with Gasteiger partial charge in [-0.3, -0.25) is 4.79 Å². The number of halogens is 2. The predicted molar refractivity (Wildman–Crippen MR) is 82.9 cm³/mol. The first kappa shape index (κ1) is 14.3. The lowest BCUT2D eigenvalue weighted by Crippen LogP contribution is -2.04. The summed E-state index contributed by atoms with van der Waals surface area (Å²) in [6.07, 6.45) is 0.379. The minimum atomic E-state index is 0.0765. The van der Waals surface area contributed by atoms with E-state index in [1.54, 1.807) is 25.3 Å². The summed E-state index contributed by atoms with van der Waals surface area (Å²) in [7, 11) is 1.60. The molecule has 2 aromatic carbocycles. The van der Waals surface area contributed by atoms with Crippen molar-refractivity contribution < 1.29 is 9.53 Å². The van der Waals surface area contributed by atoms with Crippen LogP contribution in [0.3, 0.4) is 0 Å². The van der Waals surface area contributed by atoms with Gasteiger partial charge >= 0.3 is 0 Å². The number of rotatable bonds is 4. The number of hydrogen-bond acceptors (Lipinski definition) is 2. The van der Waals surface area contributed by atoms with Crippen LogP contribution in [0.25, 0.3) is 0 Å². The summed E-state index contributed by atoms with van der Waals surface area (Å²) in [6.45, 7) is 0. The van der Waals surface area contributed by atoms with Crippen LogP contribution in [0.4, 0.5) is 0 Å². The maximum atomic E-state index is 12.3. The Morgan fingerprint density at radius 3 is 2.58 bits per heavy atom. The molecule has 0 saturated carbocycles. The highest BCUT2D eigenvalue weighted by atomic mass is 79.9. The molecule has 19 heavy (non-hydrogen) atoms. The van der Waals surface area contributed by atoms with Crippen molar-refractivity contribution >= 4 is 37.6 Å². The molecule has 0 aliphatic rings. The van der Waals surface area contributed by atoms with E-state index >= 15 is 0 Å². The van der Waals surface area contributed by atoms with Gasteiger partial charge in [-0.1, -0.05) is 28.1 Å². The van der Waals surface area contributed by atoms with E-state index < -0.39 is 0 Å². The van der Waals surface area contributed by atoms with Crippen molar-refractivity contribution in [2.24, 2.45) is 0 Å². The lowest BCUT2D eigenvalue weighted by molar-refractivity contribution is 0.0992. The molecule has 0 unspecified atom stereocenters. The number of Topliss-reactive ketones (excluding diaryl/α,β-unsaturated/α-hetero) is 1. The Morgan fingerprint density at radius 1 is 1.16 bits per heavy atom. The Balaban J connectivity index is 2.20. The molecule has 0 fully saturated rings. The number of carbonyl (C=O) groups excluding carboxylic acids is 1. The molecule has 2 aromatic rings. The predicted octanol–water partition coefficient (Wildman–Crippen LogP) is 4.65. The average molecular weight is 384 g/mol. The Kier molecular flexibility index (Phi) is 4.77. The highest BCUT2D eigenvalue weighted by Gasteiger charge is 2.11. The first-order chi connectivity index (χ1) is 9.10. The van der Waals surface area contributed by atoms with Gasteiger partial charge < -0.3 is 4.74 Å². The van der Waals surface area contributed by atoms with Gasteiger partial charge in [0, 0.05) is 20.9 Å². The van der Waals surface area contributed by atoms with E-state index in [-0.39, 0.29) is 5.78 Å². The van der Waals surface area contributed by atoms with Gasteiger partial charge in [0.25, 0.3) is 0 Å². The standard InChI is InChI=1S/C15H12Br2O2/c1-19-12-5-6-13(14(17)9-12)15(18)8-10-3-2-4-11(16)7-10/h2-7,9H,8H2,1H3. The highest BCUT2D eigenvalue weighted by molar-refractivity contribution is 9.10. The van der Waals surface area contributed by atoms with Crippen molar-refractivity contribution in [3.05, 3.63) is 62.5 Å². The minimum Gasteiger partial charge on any atom is -0.497 e. The van der Waals surface area contributed by atoms with Gasteiger partial charge in [0.1, 0.15) is 5.75 Å². The van der Waals surface area contributed by atoms with Crippen molar-refractivity contribution in [3.63, 3.8) is 0 Å². The molecule has 0 spiro atoms. The van der Waals surface area contributed by atoms with Crippen LogP contribution < -0.4 is 4.74 Å². The van der Waals surface area contributed by atoms with Crippen LogP contribution >= 0.6 is 31.9 Å². The van der Waals surface area contributed by atoms with Gasteiger partial charge in [-0.05, 0) is 51.8 Å². The fourth-order valence-corrected chi connectivity index (χ4v) is 2.80. The second-order valence-electron chi connectivity index (χ2n) is 4.08. The van der Waals surface area contributed by atoms with Gasteiger partial charge in [-0.15, -0.1) is 0 Å². The van der Waals surface area contributed by atoms with E-state index in [4.69, 9.17) is 4.74 Å². The molecule has 0 aliphatic heterocycles. The molecule has 98 valence electrons. The monoisotopic (exact) mass is 382 g/mol. The van der Waals surface area contributed by atoms with Gasteiger partial charge in [0.05, 0.1) is 7.11 Å². The van der Waals surface area contributed by atoms with E-state index in [1.807, 2.05) is 24.3 Å². The third-order valence-corrected chi connectivity index (χ3v) is 3.88. The van der Waals surface area contributed by atoms with Crippen molar-refractivity contribution in [2.75, 3.05) is 7.11 Å². The van der Waals surface area contributed by atoms with Crippen molar-refractivity contribution in [1.29, 1.82) is 0 Å². The van der Waals surface area contributed by atoms with Gasteiger partial charge in [-0.25, -0.2) is 0 Å². The van der Waals surface area contributed by atoms with Crippen molar-refractivity contribution in [1.82, 2.24) is 0 Å². The van der Waals surface area contributed by atoms with E-state index in [0.29, 0.717) is 12.0 Å². The molecular formula is C15H12Br2O2. The normalized spacial score (nSPS) is 10.3. The van der Waals surface area contributed by atoms with E-state index in [9.17, 15) is 4.79 Å². The van der Waals surface area contributed by atoms with Gasteiger partial charge in [-0.2, -0.15) is 0 Å². The van der Waals surface area contributed by atoms with Crippen LogP contribution in [-0.4, -0.2) is 12.9 Å². The zero-order valence-electron chi connectivity index (χ0n) is 10.3. The van der Waals surface area contributed by atoms with Crippen molar-refractivity contribution in [2.45, 2.75) is 6.42 Å². The summed E-state index contributed by atoms with van der Waals surface area (Å²) in [5.41, 5.74) is 1.66. The van der Waals surface area contributed by atoms with Crippen LogP contribution in [0.1, 0.15) is 15.9 Å². The molecule has 0 N–H and O–H groups in total. The SMILES string of the molecule is COc1ccc(C(=O)Cc2cccc(Br)c2)c(Br)c1. The Hall–Kier alpha value is -1.13. The van der Waals surface area contributed by atoms with Gasteiger partial charge in [0.2, 0.25) is 0 Å². The Labute approximate surface area is 129 Å². The molecule has 0 heterocycles. The van der Waals surface area contributed by atoms with Crippen LogP contribution in [-0.2, 0) is 6.42 Å². The summed E-state index contributed by atoms with van der Waals surface area (Å²) in [5.74, 6) is 0.804. The molecule has 0 aliphatic carbocycles. The Bertz CT molecular complexity index is 609. The third kappa shape index (κ3) is 3.67. The fraction of sp³-hybridized carbons (Fsp3) is 0.133. The molecule has 0 bridgehead atoms. The Morgan fingerprint density at radius 2 is 1.95 bits per heavy atom. The number of benzene rings is 2. The second kappa shape index (κ2) is 6.35. The topological polar surface area (TPSA) is 26.3 Å². The molecule has 2 nitrogen and oxygen atoms in total. The first-order valence-corrected chi connectivity index (χ1v) is 7.30. The summed E-state index contributed by atoms with van der Waals surface area (Å²) in [6, 6.07) is 13.1. The lowest BCUT2D eigenvalue weighted by Gasteiger charge is -2.06. The quantitative estimate of drug-likeness (QED) is 0.718. The second-order valence-corrected chi connectivity index (χ2v) is 5.85. The number of carbonyl (C=O) groups is 1.